The molecular weight excluding hydrogens is 249 g/mol. The molecule has 3 N–H and O–H groups in total. The molecule has 2 rings (SSSR count). The van der Waals surface area contributed by atoms with Crippen LogP contribution in [0.5, 0.6) is 0 Å². The summed E-state index contributed by atoms with van der Waals surface area (Å²) in [6.07, 6.45) is 1.29. The van der Waals surface area contributed by atoms with Crippen LogP contribution in [-0.4, -0.2) is 21.2 Å². The monoisotopic (exact) mass is 263 g/mol. The van der Waals surface area contributed by atoms with Crippen molar-refractivity contribution in [3.05, 3.63) is 42.0 Å². The van der Waals surface area contributed by atoms with Crippen LogP contribution in [0.1, 0.15) is 19.4 Å². The second-order valence-electron chi connectivity index (χ2n) is 4.55. The van der Waals surface area contributed by atoms with Crippen molar-refractivity contribution in [3.63, 3.8) is 0 Å². The second kappa shape index (κ2) is 5.05. The van der Waals surface area contributed by atoms with E-state index in [9.17, 15) is 9.18 Å². The van der Waals surface area contributed by atoms with Crippen LogP contribution in [0.2, 0.25) is 0 Å². The molecule has 6 nitrogen and oxygen atoms in total. The van der Waals surface area contributed by atoms with Crippen molar-refractivity contribution in [2.75, 3.05) is 5.32 Å². The highest BCUT2D eigenvalue weighted by atomic mass is 19.1. The number of hydrogen-bond acceptors (Lipinski definition) is 3. The Morgan fingerprint density at radius 2 is 2.00 bits per heavy atom. The molecule has 0 unspecified atom stereocenters. The minimum atomic E-state index is -0.641. The number of nitrogens with one attached hydrogen (secondary N) is 3. The Bertz CT molecular complexity index is 550. The van der Waals surface area contributed by atoms with E-state index < -0.39 is 11.6 Å². The van der Waals surface area contributed by atoms with Crippen molar-refractivity contribution in [3.8, 4) is 0 Å². The Morgan fingerprint density at radius 3 is 2.58 bits per heavy atom. The number of rotatable bonds is 3. The predicted molar refractivity (Wildman–Crippen MR) is 68.0 cm³/mol. The molecule has 1 heterocycles. The maximum atomic E-state index is 12.9. The summed E-state index contributed by atoms with van der Waals surface area (Å²) in [7, 11) is 0. The van der Waals surface area contributed by atoms with E-state index in [1.54, 1.807) is 12.1 Å². The Morgan fingerprint density at radius 1 is 1.32 bits per heavy atom. The summed E-state index contributed by atoms with van der Waals surface area (Å²) in [4.78, 5) is 15.6. The van der Waals surface area contributed by atoms with E-state index >= 15 is 0 Å². The fourth-order valence-corrected chi connectivity index (χ4v) is 1.63. The number of nitrogens with zero attached hydrogens (tertiary/aromatic N) is 2. The quantitative estimate of drug-likeness (QED) is 0.792. The van der Waals surface area contributed by atoms with Crippen LogP contribution in [0, 0.1) is 5.82 Å². The van der Waals surface area contributed by atoms with Crippen LogP contribution in [0.4, 0.5) is 15.1 Å². The maximum Gasteiger partial charge on any atom is 0.322 e. The number of carbonyl (C=O) groups is 1. The summed E-state index contributed by atoms with van der Waals surface area (Å²) in [6.45, 7) is 3.64. The first-order chi connectivity index (χ1) is 8.97. The third-order valence-electron chi connectivity index (χ3n) is 2.64. The summed E-state index contributed by atoms with van der Waals surface area (Å²) in [5.74, 6) is -0.0573. The van der Waals surface area contributed by atoms with Crippen LogP contribution >= 0.6 is 0 Å². The molecule has 0 radical (unpaired) electrons. The number of aromatic amines is 1. The first-order valence-corrected chi connectivity index (χ1v) is 5.68. The molecule has 0 atom stereocenters. The van der Waals surface area contributed by atoms with E-state index in [2.05, 4.69) is 25.8 Å². The van der Waals surface area contributed by atoms with Gasteiger partial charge in [0.1, 0.15) is 12.1 Å². The van der Waals surface area contributed by atoms with Gasteiger partial charge in [0, 0.05) is 0 Å². The topological polar surface area (TPSA) is 82.7 Å². The van der Waals surface area contributed by atoms with Crippen LogP contribution in [0.3, 0.4) is 0 Å². The molecule has 19 heavy (non-hydrogen) atoms. The first kappa shape index (κ1) is 13.0. The number of anilines is 1. The Hall–Kier alpha value is -2.44. The fraction of sp³-hybridized carbons (Fsp3) is 0.250. The average molecular weight is 263 g/mol. The number of hydrogen-bond donors (Lipinski definition) is 3. The van der Waals surface area contributed by atoms with E-state index in [-0.39, 0.29) is 11.8 Å². The van der Waals surface area contributed by atoms with Gasteiger partial charge in [0.15, 0.2) is 0 Å². The highest BCUT2D eigenvalue weighted by Gasteiger charge is 2.23. The van der Waals surface area contributed by atoms with E-state index in [1.807, 2.05) is 13.8 Å². The average Bonchev–Trinajstić information content (AvgIpc) is 2.81. The molecule has 2 amide bonds. The molecule has 0 saturated carbocycles. The lowest BCUT2D eigenvalue weighted by atomic mass is 9.94. The number of amides is 2. The smallest absolute Gasteiger partial charge is 0.322 e. The van der Waals surface area contributed by atoms with Crippen molar-refractivity contribution in [1.29, 1.82) is 0 Å². The number of H-pyrrole nitrogens is 1. The summed E-state index contributed by atoms with van der Waals surface area (Å²) in [6, 6.07) is 5.54. The van der Waals surface area contributed by atoms with E-state index in [0.717, 1.165) is 5.56 Å². The molecule has 0 aliphatic heterocycles. The Labute approximate surface area is 109 Å². The summed E-state index contributed by atoms with van der Waals surface area (Å²) >= 11 is 0. The molecule has 0 fully saturated rings. The molecular formula is C12H14FN5O. The van der Waals surface area contributed by atoms with E-state index in [0.29, 0.717) is 0 Å². The van der Waals surface area contributed by atoms with E-state index in [4.69, 9.17) is 0 Å². The SMILES string of the molecule is CC(C)(NC(=O)Nc1ncn[nH]1)c1ccc(F)cc1. The molecule has 100 valence electrons. The van der Waals surface area contributed by atoms with Gasteiger partial charge in [-0.3, -0.25) is 5.32 Å². The van der Waals surface area contributed by atoms with Gasteiger partial charge in [-0.25, -0.2) is 14.3 Å². The number of halogens is 1. The van der Waals surface area contributed by atoms with Crippen LogP contribution < -0.4 is 10.6 Å². The van der Waals surface area contributed by atoms with Gasteiger partial charge in [-0.05, 0) is 31.5 Å². The van der Waals surface area contributed by atoms with Crippen LogP contribution in [0.15, 0.2) is 30.6 Å². The molecule has 0 spiro atoms. The van der Waals surface area contributed by atoms with Crippen LogP contribution in [-0.2, 0) is 5.54 Å². The van der Waals surface area contributed by atoms with Gasteiger partial charge in [-0.2, -0.15) is 10.1 Å². The Balaban J connectivity index is 2.04. The predicted octanol–water partition coefficient (Wildman–Crippen LogP) is 2.00. The fourth-order valence-electron chi connectivity index (χ4n) is 1.63. The minimum absolute atomic E-state index is 0.257. The minimum Gasteiger partial charge on any atom is -0.329 e. The van der Waals surface area contributed by atoms with Crippen molar-refractivity contribution in [1.82, 2.24) is 20.5 Å². The number of benzene rings is 1. The third-order valence-corrected chi connectivity index (χ3v) is 2.64. The molecule has 1 aromatic carbocycles. The first-order valence-electron chi connectivity index (χ1n) is 5.68. The molecule has 7 heteroatoms. The van der Waals surface area contributed by atoms with Gasteiger partial charge in [-0.15, -0.1) is 0 Å². The van der Waals surface area contributed by atoms with Gasteiger partial charge in [0.2, 0.25) is 5.95 Å². The standard InChI is InChI=1S/C12H14FN5O/c1-12(2,8-3-5-9(13)6-4-8)17-11(19)16-10-14-7-15-18-10/h3-7H,1-2H3,(H3,14,15,16,17,18,19). The molecule has 0 aliphatic carbocycles. The zero-order valence-electron chi connectivity index (χ0n) is 10.6. The largest absolute Gasteiger partial charge is 0.329 e. The number of aromatic nitrogens is 3. The highest BCUT2D eigenvalue weighted by Crippen LogP contribution is 2.20. The number of carbonyl (C=O) groups excluding carboxylic acids is 1. The van der Waals surface area contributed by atoms with Crippen molar-refractivity contribution < 1.29 is 9.18 Å². The van der Waals surface area contributed by atoms with Gasteiger partial charge < -0.3 is 5.32 Å². The third kappa shape index (κ3) is 3.27. The lowest BCUT2D eigenvalue weighted by Crippen LogP contribution is -2.43. The van der Waals surface area contributed by atoms with Gasteiger partial charge >= 0.3 is 6.03 Å². The van der Waals surface area contributed by atoms with Crippen molar-refractivity contribution in [2.24, 2.45) is 0 Å². The van der Waals surface area contributed by atoms with Gasteiger partial charge in [0.25, 0.3) is 0 Å². The Kier molecular flexibility index (Phi) is 3.46. The summed E-state index contributed by atoms with van der Waals surface area (Å²) in [5.41, 5.74) is 0.152. The zero-order chi connectivity index (χ0) is 13.9. The zero-order valence-corrected chi connectivity index (χ0v) is 10.6. The molecule has 0 aliphatic rings. The summed E-state index contributed by atoms with van der Waals surface area (Å²) < 4.78 is 12.9. The van der Waals surface area contributed by atoms with Gasteiger partial charge in [-0.1, -0.05) is 12.1 Å². The lowest BCUT2D eigenvalue weighted by Gasteiger charge is -2.26. The second-order valence-corrected chi connectivity index (χ2v) is 4.55. The van der Waals surface area contributed by atoms with Crippen molar-refractivity contribution >= 4 is 12.0 Å². The molecule has 2 aromatic rings. The van der Waals surface area contributed by atoms with Gasteiger partial charge in [0.05, 0.1) is 5.54 Å². The van der Waals surface area contributed by atoms with Crippen molar-refractivity contribution in [2.45, 2.75) is 19.4 Å². The normalized spacial score (nSPS) is 11.1. The summed E-state index contributed by atoms with van der Waals surface area (Å²) in [5, 5.41) is 11.4. The molecule has 1 aromatic heterocycles. The highest BCUT2D eigenvalue weighted by molar-refractivity contribution is 5.87. The lowest BCUT2D eigenvalue weighted by molar-refractivity contribution is 0.241. The molecule has 0 saturated heterocycles. The van der Waals surface area contributed by atoms with Crippen LogP contribution in [0.25, 0.3) is 0 Å². The maximum absolute atomic E-state index is 12.9. The molecule has 0 bridgehead atoms. The van der Waals surface area contributed by atoms with E-state index in [1.165, 1.54) is 18.5 Å². The number of urea groups is 1.